The summed E-state index contributed by atoms with van der Waals surface area (Å²) in [5.74, 6) is 0.388. The van der Waals surface area contributed by atoms with Gasteiger partial charge in [-0.25, -0.2) is 4.39 Å². The Kier molecular flexibility index (Phi) is 7.65. The van der Waals surface area contributed by atoms with E-state index in [1.807, 2.05) is 12.1 Å². The minimum Gasteiger partial charge on any atom is -0.497 e. The molecule has 0 atom stereocenters. The summed E-state index contributed by atoms with van der Waals surface area (Å²) in [7, 11) is 1.55. The minimum absolute atomic E-state index is 0.250. The van der Waals surface area contributed by atoms with Gasteiger partial charge in [0, 0.05) is 36.6 Å². The molecule has 1 saturated heterocycles. The standard InChI is InChI=1S/C28H30FN3O3/c1-19-12-14-32(15-13-19)26-11-10-23(31-27(33)21-4-3-5-24(16-21)35-2)17-25(26)28(34)30-18-20-6-8-22(29)9-7-20/h3-11,16-17,19H,12-15,18H2,1-2H3,(H,30,34)(H,31,33). The number of nitrogens with zero attached hydrogens (tertiary/aromatic N) is 1. The highest BCUT2D eigenvalue weighted by Gasteiger charge is 2.22. The SMILES string of the molecule is COc1cccc(C(=O)Nc2ccc(N3CCC(C)CC3)c(C(=O)NCc3ccc(F)cc3)c2)c1. The molecule has 0 unspecified atom stereocenters. The van der Waals surface area contributed by atoms with Crippen LogP contribution in [0.15, 0.2) is 66.7 Å². The normalized spacial score (nSPS) is 13.9. The average molecular weight is 476 g/mol. The van der Waals surface area contributed by atoms with Crippen molar-refractivity contribution in [2.45, 2.75) is 26.3 Å². The number of rotatable bonds is 7. The summed E-state index contributed by atoms with van der Waals surface area (Å²) >= 11 is 0. The molecular weight excluding hydrogens is 445 g/mol. The third-order valence-electron chi connectivity index (χ3n) is 6.32. The van der Waals surface area contributed by atoms with Gasteiger partial charge in [-0.05, 0) is 72.9 Å². The molecule has 0 saturated carbocycles. The number of halogens is 1. The van der Waals surface area contributed by atoms with Gasteiger partial charge in [0.1, 0.15) is 11.6 Å². The lowest BCUT2D eigenvalue weighted by Crippen LogP contribution is -2.35. The van der Waals surface area contributed by atoms with Crippen LogP contribution < -0.4 is 20.3 Å². The van der Waals surface area contributed by atoms with E-state index in [0.717, 1.165) is 37.2 Å². The van der Waals surface area contributed by atoms with Crippen molar-refractivity contribution in [1.29, 1.82) is 0 Å². The summed E-state index contributed by atoms with van der Waals surface area (Å²) in [6, 6.07) is 18.4. The van der Waals surface area contributed by atoms with Gasteiger partial charge in [0.2, 0.25) is 0 Å². The zero-order chi connectivity index (χ0) is 24.8. The third-order valence-corrected chi connectivity index (χ3v) is 6.32. The number of methoxy groups -OCH3 is 1. The molecule has 0 aromatic heterocycles. The van der Waals surface area contributed by atoms with Gasteiger partial charge in [-0.15, -0.1) is 0 Å². The molecule has 0 spiro atoms. The molecule has 1 aliphatic heterocycles. The van der Waals surface area contributed by atoms with Crippen LogP contribution in [0.4, 0.5) is 15.8 Å². The molecule has 1 fully saturated rings. The van der Waals surface area contributed by atoms with Crippen molar-refractivity contribution in [2.24, 2.45) is 5.92 Å². The molecule has 1 aliphatic rings. The van der Waals surface area contributed by atoms with Crippen LogP contribution in [0.25, 0.3) is 0 Å². The van der Waals surface area contributed by atoms with Gasteiger partial charge in [-0.3, -0.25) is 9.59 Å². The molecule has 7 heteroatoms. The molecule has 3 aromatic carbocycles. The van der Waals surface area contributed by atoms with Crippen LogP contribution in [0.1, 0.15) is 46.0 Å². The number of anilines is 2. The van der Waals surface area contributed by atoms with E-state index >= 15 is 0 Å². The van der Waals surface area contributed by atoms with E-state index in [2.05, 4.69) is 22.5 Å². The van der Waals surface area contributed by atoms with Crippen molar-refractivity contribution in [3.8, 4) is 5.75 Å². The smallest absolute Gasteiger partial charge is 0.255 e. The molecule has 0 aliphatic carbocycles. The second-order valence-electron chi connectivity index (χ2n) is 8.90. The highest BCUT2D eigenvalue weighted by Crippen LogP contribution is 2.29. The van der Waals surface area contributed by atoms with Crippen LogP contribution in [0.2, 0.25) is 0 Å². The number of nitrogens with one attached hydrogen (secondary N) is 2. The maximum Gasteiger partial charge on any atom is 0.255 e. The molecule has 2 amide bonds. The predicted octanol–water partition coefficient (Wildman–Crippen LogP) is 5.25. The Morgan fingerprint density at radius 1 is 1.00 bits per heavy atom. The van der Waals surface area contributed by atoms with E-state index in [-0.39, 0.29) is 24.2 Å². The van der Waals surface area contributed by atoms with Gasteiger partial charge in [-0.2, -0.15) is 0 Å². The summed E-state index contributed by atoms with van der Waals surface area (Å²) in [6.45, 7) is 4.25. The second-order valence-corrected chi connectivity index (χ2v) is 8.90. The molecule has 1 heterocycles. The Balaban J connectivity index is 1.56. The van der Waals surface area contributed by atoms with Crippen molar-refractivity contribution in [3.05, 3.63) is 89.2 Å². The first-order valence-corrected chi connectivity index (χ1v) is 11.8. The lowest BCUT2D eigenvalue weighted by atomic mass is 9.97. The maximum absolute atomic E-state index is 13.3. The number of benzene rings is 3. The molecule has 4 rings (SSSR count). The van der Waals surface area contributed by atoms with E-state index in [9.17, 15) is 14.0 Å². The van der Waals surface area contributed by atoms with Gasteiger partial charge in [0.25, 0.3) is 11.8 Å². The number of amides is 2. The van der Waals surface area contributed by atoms with Crippen LogP contribution >= 0.6 is 0 Å². The van der Waals surface area contributed by atoms with Crippen molar-refractivity contribution in [1.82, 2.24) is 5.32 Å². The second kappa shape index (κ2) is 11.0. The molecule has 0 radical (unpaired) electrons. The fourth-order valence-electron chi connectivity index (χ4n) is 4.17. The van der Waals surface area contributed by atoms with Gasteiger partial charge in [-0.1, -0.05) is 25.1 Å². The van der Waals surface area contributed by atoms with E-state index < -0.39 is 0 Å². The van der Waals surface area contributed by atoms with E-state index in [1.54, 1.807) is 49.6 Å². The van der Waals surface area contributed by atoms with Crippen LogP contribution in [-0.2, 0) is 6.54 Å². The third kappa shape index (κ3) is 6.18. The zero-order valence-electron chi connectivity index (χ0n) is 20.0. The minimum atomic E-state index is -0.318. The summed E-state index contributed by atoms with van der Waals surface area (Å²) in [6.07, 6.45) is 2.12. The van der Waals surface area contributed by atoms with Crippen molar-refractivity contribution in [3.63, 3.8) is 0 Å². The Morgan fingerprint density at radius 2 is 1.74 bits per heavy atom. The first-order valence-electron chi connectivity index (χ1n) is 11.8. The first-order chi connectivity index (χ1) is 16.9. The summed E-state index contributed by atoms with van der Waals surface area (Å²) in [5, 5.41) is 5.82. The van der Waals surface area contributed by atoms with Crippen molar-refractivity contribution >= 4 is 23.2 Å². The van der Waals surface area contributed by atoms with Gasteiger partial charge in [0.05, 0.1) is 12.7 Å². The molecule has 0 bridgehead atoms. The number of hydrogen-bond acceptors (Lipinski definition) is 4. The van der Waals surface area contributed by atoms with Crippen LogP contribution in [0.3, 0.4) is 0 Å². The average Bonchev–Trinajstić information content (AvgIpc) is 2.88. The van der Waals surface area contributed by atoms with E-state index in [1.165, 1.54) is 12.1 Å². The largest absolute Gasteiger partial charge is 0.497 e. The molecule has 182 valence electrons. The monoisotopic (exact) mass is 475 g/mol. The number of carbonyl (C=O) groups is 2. The van der Waals surface area contributed by atoms with Crippen LogP contribution in [0, 0.1) is 11.7 Å². The molecule has 2 N–H and O–H groups in total. The zero-order valence-corrected chi connectivity index (χ0v) is 20.0. The number of hydrogen-bond donors (Lipinski definition) is 2. The number of piperidine rings is 1. The Morgan fingerprint density at radius 3 is 2.46 bits per heavy atom. The van der Waals surface area contributed by atoms with Gasteiger partial charge >= 0.3 is 0 Å². The fraction of sp³-hybridized carbons (Fsp3) is 0.286. The molecule has 6 nitrogen and oxygen atoms in total. The Hall–Kier alpha value is -3.87. The van der Waals surface area contributed by atoms with Crippen molar-refractivity contribution < 1.29 is 18.7 Å². The highest BCUT2D eigenvalue weighted by molar-refractivity contribution is 6.06. The molecule has 3 aromatic rings. The lowest BCUT2D eigenvalue weighted by Gasteiger charge is -2.33. The Bertz CT molecular complexity index is 1190. The highest BCUT2D eigenvalue weighted by atomic mass is 19.1. The van der Waals surface area contributed by atoms with Crippen molar-refractivity contribution in [2.75, 3.05) is 30.4 Å². The lowest BCUT2D eigenvalue weighted by molar-refractivity contribution is 0.0950. The number of carbonyl (C=O) groups excluding carboxylic acids is 2. The van der Waals surface area contributed by atoms with Crippen LogP contribution in [-0.4, -0.2) is 32.0 Å². The fourth-order valence-corrected chi connectivity index (χ4v) is 4.17. The predicted molar refractivity (Wildman–Crippen MR) is 136 cm³/mol. The topological polar surface area (TPSA) is 70.7 Å². The van der Waals surface area contributed by atoms with E-state index in [4.69, 9.17) is 4.74 Å². The van der Waals surface area contributed by atoms with Crippen LogP contribution in [0.5, 0.6) is 5.75 Å². The quantitative estimate of drug-likeness (QED) is 0.490. The number of ether oxygens (including phenoxy) is 1. The maximum atomic E-state index is 13.3. The molecule has 35 heavy (non-hydrogen) atoms. The van der Waals surface area contributed by atoms with Gasteiger partial charge in [0.15, 0.2) is 0 Å². The molecular formula is C28H30FN3O3. The summed E-state index contributed by atoms with van der Waals surface area (Å²) in [5.41, 5.74) is 3.12. The summed E-state index contributed by atoms with van der Waals surface area (Å²) < 4.78 is 18.4. The van der Waals surface area contributed by atoms with E-state index in [0.29, 0.717) is 28.5 Å². The van der Waals surface area contributed by atoms with Gasteiger partial charge < -0.3 is 20.3 Å². The summed E-state index contributed by atoms with van der Waals surface area (Å²) in [4.78, 5) is 28.3. The first kappa shape index (κ1) is 24.3. The Labute approximate surface area is 205 Å².